The molecule has 3 rings (SSSR count). The Hall–Kier alpha value is -0.660. The predicted molar refractivity (Wildman–Crippen MR) is 47.4 cm³/mol. The van der Waals surface area contributed by atoms with E-state index in [-0.39, 0.29) is 0 Å². The second kappa shape index (κ2) is 2.99. The molecule has 0 aliphatic carbocycles. The fraction of sp³-hybridized carbons (Fsp3) is 0.833. The van der Waals surface area contributed by atoms with Gasteiger partial charge in [0.05, 0.1) is 0 Å². The second-order valence-electron chi connectivity index (χ2n) is 4.25. The zero-order valence-corrected chi connectivity index (χ0v) is 9.68. The summed E-state index contributed by atoms with van der Waals surface area (Å²) >= 11 is 0. The molecule has 0 aromatic heterocycles. The molecule has 0 radical (unpaired) electrons. The molecule has 0 aromatic rings. The van der Waals surface area contributed by atoms with Crippen LogP contribution in [0.1, 0.15) is 0 Å². The minimum Gasteiger partial charge on any atom is -0.479 e. The zero-order chi connectivity index (χ0) is 14.5. The quantitative estimate of drug-likeness (QED) is 0.205. The molecular weight excluding hydrogens is 293 g/mol. The van der Waals surface area contributed by atoms with Gasteiger partial charge < -0.3 is 30.3 Å². The van der Waals surface area contributed by atoms with Gasteiger partial charge in [0.1, 0.15) is 0 Å². The molecule has 0 spiro atoms. The minimum atomic E-state index is -4.70. The lowest BCUT2D eigenvalue weighted by atomic mass is 9.85. The highest BCUT2D eigenvalue weighted by atomic mass is 31.2. The molecule has 19 heavy (non-hydrogen) atoms. The van der Waals surface area contributed by atoms with E-state index >= 15 is 0 Å². The summed E-state index contributed by atoms with van der Waals surface area (Å²) in [7, 11) is -4.70. The van der Waals surface area contributed by atoms with Crippen LogP contribution in [-0.4, -0.2) is 60.9 Å². The van der Waals surface area contributed by atoms with E-state index in [1.165, 1.54) is 0 Å². The third-order valence-corrected chi connectivity index (χ3v) is 4.50. The highest BCUT2D eigenvalue weighted by Crippen LogP contribution is 2.77. The number of phosphoric ester groups is 1. The first-order valence-corrected chi connectivity index (χ1v) is 6.18. The molecule has 0 amide bonds. The van der Waals surface area contributed by atoms with Gasteiger partial charge in [-0.1, -0.05) is 0 Å². The molecule has 3 fully saturated rings. The standard InChI is InChI=1S/C6H8NO11P/c7-3(10)1(2(8)9)15-6(13)5(12)4(3,11)16-19(14,17-5)18-6/h1,10-13H,7H2,(H,8,9). The summed E-state index contributed by atoms with van der Waals surface area (Å²) in [6.07, 6.45) is -2.47. The Morgan fingerprint density at radius 2 is 1.63 bits per heavy atom. The summed E-state index contributed by atoms with van der Waals surface area (Å²) < 4.78 is 28.9. The van der Waals surface area contributed by atoms with Crippen LogP contribution in [0, 0.1) is 0 Å². The van der Waals surface area contributed by atoms with Gasteiger partial charge in [-0.15, -0.1) is 0 Å². The summed E-state index contributed by atoms with van der Waals surface area (Å²) in [5.74, 6) is -12.1. The number of aliphatic hydroxyl groups is 4. The molecule has 2 bridgehead atoms. The summed E-state index contributed by atoms with van der Waals surface area (Å²) in [5, 5.41) is 48.4. The van der Waals surface area contributed by atoms with Crippen LogP contribution in [0.5, 0.6) is 0 Å². The van der Waals surface area contributed by atoms with Crippen molar-refractivity contribution in [3.8, 4) is 0 Å². The summed E-state index contributed by atoms with van der Waals surface area (Å²) in [5.41, 5.74) is 1.88. The van der Waals surface area contributed by atoms with E-state index in [4.69, 9.17) is 10.8 Å². The lowest BCUT2D eigenvalue weighted by Crippen LogP contribution is -2.87. The molecule has 13 heteroatoms. The molecule has 3 saturated heterocycles. The second-order valence-corrected chi connectivity index (χ2v) is 5.69. The smallest absolute Gasteiger partial charge is 0.479 e. The minimum absolute atomic E-state index is 1.92. The first-order chi connectivity index (χ1) is 8.41. The summed E-state index contributed by atoms with van der Waals surface area (Å²) in [6, 6.07) is 0. The molecule has 12 nitrogen and oxygen atoms in total. The van der Waals surface area contributed by atoms with Crippen LogP contribution < -0.4 is 5.73 Å². The van der Waals surface area contributed by atoms with Crippen LogP contribution in [0.25, 0.3) is 0 Å². The highest BCUT2D eigenvalue weighted by Gasteiger charge is 2.93. The summed E-state index contributed by atoms with van der Waals surface area (Å²) in [4.78, 5) is 10.9. The lowest BCUT2D eigenvalue weighted by Gasteiger charge is -2.54. The third kappa shape index (κ3) is 1.16. The van der Waals surface area contributed by atoms with Gasteiger partial charge in [0.25, 0.3) is 5.79 Å². The van der Waals surface area contributed by atoms with Crippen molar-refractivity contribution in [3.63, 3.8) is 0 Å². The van der Waals surface area contributed by atoms with Crippen molar-refractivity contribution in [3.05, 3.63) is 0 Å². The molecule has 6 unspecified atom stereocenters. The number of aliphatic carboxylic acids is 1. The Balaban J connectivity index is 2.23. The topological polar surface area (TPSA) is 198 Å². The first-order valence-electron chi connectivity index (χ1n) is 4.72. The number of hydrogen-bond donors (Lipinski definition) is 6. The van der Waals surface area contributed by atoms with E-state index in [1.54, 1.807) is 0 Å². The van der Waals surface area contributed by atoms with Crippen molar-refractivity contribution >= 4 is 13.8 Å². The number of carboxylic acids is 1. The van der Waals surface area contributed by atoms with Crippen LogP contribution in [0.15, 0.2) is 0 Å². The van der Waals surface area contributed by atoms with E-state index in [0.717, 1.165) is 0 Å². The maximum atomic E-state index is 11.7. The van der Waals surface area contributed by atoms with Crippen molar-refractivity contribution in [2.24, 2.45) is 5.73 Å². The van der Waals surface area contributed by atoms with E-state index < -0.39 is 43.2 Å². The van der Waals surface area contributed by atoms with Crippen LogP contribution >= 0.6 is 7.82 Å². The zero-order valence-electron chi connectivity index (χ0n) is 8.79. The third-order valence-electron chi connectivity index (χ3n) is 3.06. The number of ether oxygens (including phenoxy) is 1. The van der Waals surface area contributed by atoms with Crippen molar-refractivity contribution in [2.75, 3.05) is 0 Å². The number of phosphoric acid groups is 1. The van der Waals surface area contributed by atoms with Crippen LogP contribution in [0.2, 0.25) is 0 Å². The van der Waals surface area contributed by atoms with E-state index in [9.17, 15) is 29.8 Å². The molecular formula is C6H8NO11P. The molecule has 0 aromatic carbocycles. The van der Waals surface area contributed by atoms with E-state index in [1.807, 2.05) is 0 Å². The van der Waals surface area contributed by atoms with Crippen molar-refractivity contribution in [1.82, 2.24) is 0 Å². The average molecular weight is 301 g/mol. The Morgan fingerprint density at radius 3 is 2.11 bits per heavy atom. The van der Waals surface area contributed by atoms with Gasteiger partial charge in [-0.05, 0) is 0 Å². The van der Waals surface area contributed by atoms with Gasteiger partial charge >= 0.3 is 25.6 Å². The molecule has 0 saturated carbocycles. The lowest BCUT2D eigenvalue weighted by molar-refractivity contribution is -0.538. The summed E-state index contributed by atoms with van der Waals surface area (Å²) in [6.45, 7) is 0. The van der Waals surface area contributed by atoms with Gasteiger partial charge in [-0.2, -0.15) is 0 Å². The molecule has 7 N–H and O–H groups in total. The van der Waals surface area contributed by atoms with Crippen molar-refractivity contribution in [1.29, 1.82) is 0 Å². The SMILES string of the molecule is NC1(O)C(C(=O)O)OC2(O)OP3(=O)OC2(O)C1(O)O3. The van der Waals surface area contributed by atoms with Crippen molar-refractivity contribution < 1.29 is 53.2 Å². The highest BCUT2D eigenvalue weighted by molar-refractivity contribution is 7.49. The van der Waals surface area contributed by atoms with Gasteiger partial charge in [-0.3, -0.25) is 5.73 Å². The first kappa shape index (κ1) is 13.3. The number of carbonyl (C=O) groups is 1. The molecule has 3 heterocycles. The van der Waals surface area contributed by atoms with Crippen molar-refractivity contribution in [2.45, 2.75) is 29.4 Å². The monoisotopic (exact) mass is 301 g/mol. The number of carboxylic acid groups (broad SMARTS) is 1. The molecule has 3 aliphatic rings. The fourth-order valence-electron chi connectivity index (χ4n) is 2.10. The molecule has 6 atom stereocenters. The van der Waals surface area contributed by atoms with E-state index in [2.05, 4.69) is 18.3 Å². The van der Waals surface area contributed by atoms with Gasteiger partial charge in [-0.25, -0.2) is 22.9 Å². The number of hydrogen-bond acceptors (Lipinski definition) is 11. The number of fused-ring (bicyclic) bond motifs is 1. The van der Waals surface area contributed by atoms with Gasteiger partial charge in [0.15, 0.2) is 0 Å². The predicted octanol–water partition coefficient (Wildman–Crippen LogP) is -3.67. The Kier molecular flexibility index (Phi) is 2.10. The Morgan fingerprint density at radius 1 is 1.11 bits per heavy atom. The van der Waals surface area contributed by atoms with Crippen LogP contribution in [0.4, 0.5) is 0 Å². The number of rotatable bonds is 1. The average Bonchev–Trinajstić information content (AvgIpc) is 2.54. The maximum Gasteiger partial charge on any atom is 0.485 e. The molecule has 108 valence electrons. The fourth-order valence-corrected chi connectivity index (χ4v) is 3.84. The Labute approximate surface area is 103 Å². The number of nitrogens with two attached hydrogens (primary N) is 1. The van der Waals surface area contributed by atoms with Crippen LogP contribution in [0.3, 0.4) is 0 Å². The van der Waals surface area contributed by atoms with Gasteiger partial charge in [0.2, 0.25) is 11.8 Å². The van der Waals surface area contributed by atoms with Crippen LogP contribution in [-0.2, 0) is 27.7 Å². The Bertz CT molecular complexity index is 535. The van der Waals surface area contributed by atoms with Gasteiger partial charge in [0, 0.05) is 0 Å². The maximum absolute atomic E-state index is 11.7. The van der Waals surface area contributed by atoms with E-state index in [0.29, 0.717) is 0 Å². The largest absolute Gasteiger partial charge is 0.485 e. The normalized spacial score (nSPS) is 63.3. The molecule has 3 aliphatic heterocycles.